The van der Waals surface area contributed by atoms with E-state index in [0.29, 0.717) is 5.69 Å². The van der Waals surface area contributed by atoms with Crippen LogP contribution in [0.1, 0.15) is 13.8 Å². The Morgan fingerprint density at radius 2 is 2.17 bits per heavy atom. The minimum absolute atomic E-state index is 0.183. The van der Waals surface area contributed by atoms with E-state index in [-0.39, 0.29) is 18.9 Å². The second kappa shape index (κ2) is 4.10. The standard InChI is InChI=1S/C11H13F2N5/c1-10(2)6-18(7-11(10,12)13)8-3-4-15-9(5-8)16-17-14/h3-5H,6-7H2,1-2H3. The van der Waals surface area contributed by atoms with E-state index in [9.17, 15) is 8.78 Å². The van der Waals surface area contributed by atoms with Crippen LogP contribution in [-0.4, -0.2) is 24.0 Å². The lowest BCUT2D eigenvalue weighted by Gasteiger charge is -2.24. The topological polar surface area (TPSA) is 64.9 Å². The van der Waals surface area contributed by atoms with Gasteiger partial charge in [0.05, 0.1) is 6.54 Å². The lowest BCUT2D eigenvalue weighted by Crippen LogP contribution is -2.34. The highest BCUT2D eigenvalue weighted by Crippen LogP contribution is 2.44. The molecule has 0 aromatic carbocycles. The highest BCUT2D eigenvalue weighted by Gasteiger charge is 2.54. The summed E-state index contributed by atoms with van der Waals surface area (Å²) in [5, 5.41) is 3.37. The summed E-state index contributed by atoms with van der Waals surface area (Å²) in [6.45, 7) is 3.00. The largest absolute Gasteiger partial charge is 0.365 e. The number of hydrogen-bond acceptors (Lipinski definition) is 3. The van der Waals surface area contributed by atoms with E-state index in [1.165, 1.54) is 12.3 Å². The highest BCUT2D eigenvalue weighted by molar-refractivity contribution is 5.53. The summed E-state index contributed by atoms with van der Waals surface area (Å²) < 4.78 is 27.5. The number of nitrogens with zero attached hydrogens (tertiary/aromatic N) is 5. The number of anilines is 1. The Balaban J connectivity index is 2.29. The molecule has 1 aliphatic heterocycles. The van der Waals surface area contributed by atoms with Gasteiger partial charge in [-0.25, -0.2) is 8.78 Å². The van der Waals surface area contributed by atoms with Crippen molar-refractivity contribution < 1.29 is 8.78 Å². The maximum absolute atomic E-state index is 13.8. The molecule has 96 valence electrons. The first kappa shape index (κ1) is 12.6. The van der Waals surface area contributed by atoms with Gasteiger partial charge in [-0.2, -0.15) is 0 Å². The number of hydrogen-bond donors (Lipinski definition) is 0. The van der Waals surface area contributed by atoms with Crippen molar-refractivity contribution in [2.24, 2.45) is 10.5 Å². The maximum Gasteiger partial charge on any atom is 0.271 e. The van der Waals surface area contributed by atoms with Crippen LogP contribution < -0.4 is 4.90 Å². The Morgan fingerprint density at radius 1 is 1.44 bits per heavy atom. The van der Waals surface area contributed by atoms with Gasteiger partial charge in [0.25, 0.3) is 5.92 Å². The van der Waals surface area contributed by atoms with Crippen LogP contribution in [0.4, 0.5) is 20.3 Å². The van der Waals surface area contributed by atoms with Gasteiger partial charge in [0.2, 0.25) is 0 Å². The minimum Gasteiger partial charge on any atom is -0.365 e. The summed E-state index contributed by atoms with van der Waals surface area (Å²) >= 11 is 0. The molecule has 5 nitrogen and oxygen atoms in total. The first-order chi connectivity index (χ1) is 8.36. The van der Waals surface area contributed by atoms with Crippen LogP contribution in [0.2, 0.25) is 0 Å². The third-order valence-electron chi connectivity index (χ3n) is 3.21. The van der Waals surface area contributed by atoms with Crippen molar-refractivity contribution >= 4 is 11.5 Å². The number of halogens is 2. The predicted molar refractivity (Wildman–Crippen MR) is 64.0 cm³/mol. The van der Waals surface area contributed by atoms with Crippen molar-refractivity contribution in [3.05, 3.63) is 28.8 Å². The van der Waals surface area contributed by atoms with Crippen LogP contribution in [0.25, 0.3) is 10.4 Å². The number of alkyl halides is 2. The van der Waals surface area contributed by atoms with E-state index in [1.54, 1.807) is 24.8 Å². The summed E-state index contributed by atoms with van der Waals surface area (Å²) in [6, 6.07) is 3.14. The smallest absolute Gasteiger partial charge is 0.271 e. The first-order valence-corrected chi connectivity index (χ1v) is 5.50. The van der Waals surface area contributed by atoms with Gasteiger partial charge >= 0.3 is 0 Å². The minimum atomic E-state index is -2.74. The van der Waals surface area contributed by atoms with Crippen LogP contribution in [0.5, 0.6) is 0 Å². The fourth-order valence-corrected chi connectivity index (χ4v) is 1.99. The molecule has 1 aliphatic rings. The zero-order chi connectivity index (χ0) is 13.4. The van der Waals surface area contributed by atoms with Gasteiger partial charge in [0.1, 0.15) is 5.82 Å². The molecule has 1 aromatic heterocycles. The third kappa shape index (κ3) is 2.09. The van der Waals surface area contributed by atoms with Gasteiger partial charge in [0, 0.05) is 28.8 Å². The van der Waals surface area contributed by atoms with Gasteiger partial charge in [-0.1, -0.05) is 13.8 Å². The first-order valence-electron chi connectivity index (χ1n) is 5.50. The molecule has 18 heavy (non-hydrogen) atoms. The van der Waals surface area contributed by atoms with Crippen molar-refractivity contribution in [2.75, 3.05) is 18.0 Å². The number of pyridine rings is 1. The Morgan fingerprint density at radius 3 is 2.72 bits per heavy atom. The predicted octanol–water partition coefficient (Wildman–Crippen LogP) is 3.50. The van der Waals surface area contributed by atoms with Crippen LogP contribution in [-0.2, 0) is 0 Å². The molecule has 1 aromatic rings. The zero-order valence-corrected chi connectivity index (χ0v) is 10.1. The maximum atomic E-state index is 13.8. The molecular weight excluding hydrogens is 240 g/mol. The fourth-order valence-electron chi connectivity index (χ4n) is 1.99. The van der Waals surface area contributed by atoms with Crippen molar-refractivity contribution in [3.63, 3.8) is 0 Å². The van der Waals surface area contributed by atoms with Crippen molar-refractivity contribution in [1.82, 2.24) is 4.98 Å². The molecule has 7 heteroatoms. The molecule has 0 atom stereocenters. The van der Waals surface area contributed by atoms with Crippen LogP contribution in [0, 0.1) is 5.41 Å². The number of azide groups is 1. The van der Waals surface area contributed by atoms with E-state index >= 15 is 0 Å². The number of rotatable bonds is 2. The van der Waals surface area contributed by atoms with E-state index < -0.39 is 11.3 Å². The van der Waals surface area contributed by atoms with E-state index in [2.05, 4.69) is 15.0 Å². The second-order valence-corrected chi connectivity index (χ2v) is 5.01. The fraction of sp³-hybridized carbons (Fsp3) is 0.545. The average molecular weight is 253 g/mol. The van der Waals surface area contributed by atoms with Crippen molar-refractivity contribution in [2.45, 2.75) is 19.8 Å². The molecule has 0 bridgehead atoms. The van der Waals surface area contributed by atoms with Gasteiger partial charge in [-0.15, -0.1) is 0 Å². The molecule has 1 fully saturated rings. The van der Waals surface area contributed by atoms with Gasteiger partial charge in [0.15, 0.2) is 0 Å². The lowest BCUT2D eigenvalue weighted by atomic mass is 9.89. The van der Waals surface area contributed by atoms with Gasteiger partial charge in [-0.3, -0.25) is 4.98 Å². The normalized spacial score (nSPS) is 20.6. The molecule has 0 spiro atoms. The van der Waals surface area contributed by atoms with Crippen molar-refractivity contribution in [1.29, 1.82) is 0 Å². The third-order valence-corrected chi connectivity index (χ3v) is 3.21. The summed E-state index contributed by atoms with van der Waals surface area (Å²) in [6.07, 6.45) is 1.45. The molecule has 0 amide bonds. The SMILES string of the molecule is CC1(C)CN(c2ccnc(N=[N+]=[N-])c2)CC1(F)F. The molecular formula is C11H13F2N5. The monoisotopic (exact) mass is 253 g/mol. The molecule has 0 aliphatic carbocycles. The van der Waals surface area contributed by atoms with Crippen LogP contribution in [0.15, 0.2) is 23.4 Å². The summed E-state index contributed by atoms with van der Waals surface area (Å²) in [5.74, 6) is -2.56. The van der Waals surface area contributed by atoms with Gasteiger partial charge < -0.3 is 4.90 Å². The lowest BCUT2D eigenvalue weighted by molar-refractivity contribution is -0.0642. The highest BCUT2D eigenvalue weighted by atomic mass is 19.3. The Bertz CT molecular complexity index is 492. The number of aromatic nitrogens is 1. The van der Waals surface area contributed by atoms with Crippen LogP contribution >= 0.6 is 0 Å². The zero-order valence-electron chi connectivity index (χ0n) is 10.1. The molecule has 2 heterocycles. The molecule has 0 unspecified atom stereocenters. The average Bonchev–Trinajstić information content (AvgIpc) is 2.49. The summed E-state index contributed by atoms with van der Waals surface area (Å²) in [5.41, 5.74) is 7.85. The Hall–Kier alpha value is -1.88. The second-order valence-electron chi connectivity index (χ2n) is 5.01. The Kier molecular flexibility index (Phi) is 2.86. The molecule has 2 rings (SSSR count). The van der Waals surface area contributed by atoms with E-state index in [1.807, 2.05) is 0 Å². The molecule has 1 saturated heterocycles. The molecule has 0 saturated carbocycles. The van der Waals surface area contributed by atoms with Crippen molar-refractivity contribution in [3.8, 4) is 0 Å². The van der Waals surface area contributed by atoms with Crippen LogP contribution in [0.3, 0.4) is 0 Å². The van der Waals surface area contributed by atoms with Gasteiger partial charge in [-0.05, 0) is 22.8 Å². The molecule has 0 N–H and O–H groups in total. The Labute approximate surface area is 103 Å². The van der Waals surface area contributed by atoms with E-state index in [4.69, 9.17) is 5.53 Å². The van der Waals surface area contributed by atoms with E-state index in [0.717, 1.165) is 0 Å². The summed E-state index contributed by atoms with van der Waals surface area (Å²) in [7, 11) is 0. The quantitative estimate of drug-likeness (QED) is 0.460. The summed E-state index contributed by atoms with van der Waals surface area (Å²) in [4.78, 5) is 8.05. The molecule has 0 radical (unpaired) electrons.